The van der Waals surface area contributed by atoms with Crippen molar-refractivity contribution in [2.75, 3.05) is 11.9 Å². The molecule has 1 atom stereocenters. The summed E-state index contributed by atoms with van der Waals surface area (Å²) in [6.07, 6.45) is 1.97. The predicted octanol–water partition coefficient (Wildman–Crippen LogP) is 2.92. The molecule has 1 saturated heterocycles. The molecule has 2 aromatic carbocycles. The third-order valence-electron chi connectivity index (χ3n) is 4.72. The Hall–Kier alpha value is -3.41. The van der Waals surface area contributed by atoms with E-state index in [-0.39, 0.29) is 24.2 Å². The van der Waals surface area contributed by atoms with Gasteiger partial charge in [0.2, 0.25) is 11.8 Å². The Morgan fingerprint density at radius 1 is 1.15 bits per heavy atom. The fourth-order valence-electron chi connectivity index (χ4n) is 3.19. The van der Waals surface area contributed by atoms with Crippen LogP contribution in [0.5, 0.6) is 0 Å². The molecule has 4 rings (SSSR count). The van der Waals surface area contributed by atoms with E-state index in [2.05, 4.69) is 15.7 Å². The summed E-state index contributed by atoms with van der Waals surface area (Å²) in [6.45, 7) is 2.39. The molecule has 0 spiro atoms. The Bertz CT molecular complexity index is 977. The second-order valence-electron chi connectivity index (χ2n) is 6.71. The number of anilines is 1. The molecule has 0 radical (unpaired) electrons. The van der Waals surface area contributed by atoms with E-state index in [9.17, 15) is 9.59 Å². The standard InChI is InChI=1S/C21H20N4O2/c1-14-7-9-17(10-8-14)25-20(24-21(27)16-11-19(26)22-12-16)18(13-23-25)15-5-3-2-4-6-15/h2-10,13,16H,11-12H2,1H3,(H,22,26)(H,24,27). The molecule has 2 heterocycles. The number of hydrogen-bond donors (Lipinski definition) is 2. The molecule has 1 aromatic heterocycles. The minimum Gasteiger partial charge on any atom is -0.355 e. The van der Waals surface area contributed by atoms with E-state index >= 15 is 0 Å². The first-order valence-corrected chi connectivity index (χ1v) is 8.90. The lowest BCUT2D eigenvalue weighted by Crippen LogP contribution is -2.26. The molecule has 27 heavy (non-hydrogen) atoms. The first kappa shape index (κ1) is 17.0. The van der Waals surface area contributed by atoms with Gasteiger partial charge in [0.1, 0.15) is 5.82 Å². The lowest BCUT2D eigenvalue weighted by Gasteiger charge is -2.14. The van der Waals surface area contributed by atoms with Gasteiger partial charge in [0, 0.05) is 18.5 Å². The van der Waals surface area contributed by atoms with Gasteiger partial charge in [0.25, 0.3) is 0 Å². The number of carbonyl (C=O) groups excluding carboxylic acids is 2. The maximum Gasteiger partial charge on any atom is 0.230 e. The zero-order valence-corrected chi connectivity index (χ0v) is 15.0. The minimum absolute atomic E-state index is 0.0922. The average molecular weight is 360 g/mol. The molecule has 1 aliphatic heterocycles. The maximum absolute atomic E-state index is 12.7. The molecule has 1 aliphatic rings. The first-order chi connectivity index (χ1) is 13.1. The second-order valence-corrected chi connectivity index (χ2v) is 6.71. The van der Waals surface area contributed by atoms with E-state index in [1.807, 2.05) is 61.5 Å². The van der Waals surface area contributed by atoms with Gasteiger partial charge in [0.15, 0.2) is 0 Å². The van der Waals surface area contributed by atoms with Crippen molar-refractivity contribution in [3.8, 4) is 16.8 Å². The van der Waals surface area contributed by atoms with Gasteiger partial charge in [-0.25, -0.2) is 4.68 Å². The van der Waals surface area contributed by atoms with E-state index < -0.39 is 0 Å². The predicted molar refractivity (Wildman–Crippen MR) is 103 cm³/mol. The Morgan fingerprint density at radius 3 is 2.56 bits per heavy atom. The number of benzene rings is 2. The highest BCUT2D eigenvalue weighted by molar-refractivity contribution is 5.99. The Labute approximate surface area is 157 Å². The van der Waals surface area contributed by atoms with E-state index in [0.717, 1.165) is 22.4 Å². The summed E-state index contributed by atoms with van der Waals surface area (Å²) in [5, 5.41) is 10.2. The zero-order valence-electron chi connectivity index (χ0n) is 15.0. The SMILES string of the molecule is Cc1ccc(-n2ncc(-c3ccccc3)c2NC(=O)C2CNC(=O)C2)cc1. The van der Waals surface area contributed by atoms with Crippen molar-refractivity contribution in [1.29, 1.82) is 0 Å². The highest BCUT2D eigenvalue weighted by atomic mass is 16.2. The summed E-state index contributed by atoms with van der Waals surface area (Å²) in [7, 11) is 0. The minimum atomic E-state index is -0.373. The lowest BCUT2D eigenvalue weighted by atomic mass is 10.1. The number of aryl methyl sites for hydroxylation is 1. The number of nitrogens with zero attached hydrogens (tertiary/aromatic N) is 2. The molecule has 6 nitrogen and oxygen atoms in total. The Balaban J connectivity index is 1.74. The smallest absolute Gasteiger partial charge is 0.230 e. The van der Waals surface area contributed by atoms with Crippen molar-refractivity contribution in [2.24, 2.45) is 5.92 Å². The summed E-state index contributed by atoms with van der Waals surface area (Å²) in [4.78, 5) is 24.2. The van der Waals surface area contributed by atoms with Crippen LogP contribution in [0.25, 0.3) is 16.8 Å². The third-order valence-corrected chi connectivity index (χ3v) is 4.72. The fourth-order valence-corrected chi connectivity index (χ4v) is 3.19. The van der Waals surface area contributed by atoms with Crippen molar-refractivity contribution >= 4 is 17.6 Å². The summed E-state index contributed by atoms with van der Waals surface area (Å²) in [5.41, 5.74) is 3.81. The van der Waals surface area contributed by atoms with Gasteiger partial charge in [-0.05, 0) is 24.6 Å². The molecule has 0 saturated carbocycles. The van der Waals surface area contributed by atoms with Crippen molar-refractivity contribution in [1.82, 2.24) is 15.1 Å². The highest BCUT2D eigenvalue weighted by Gasteiger charge is 2.29. The number of hydrogen-bond acceptors (Lipinski definition) is 3. The van der Waals surface area contributed by atoms with Crippen LogP contribution >= 0.6 is 0 Å². The molecule has 2 amide bonds. The number of aromatic nitrogens is 2. The molecule has 3 aromatic rings. The van der Waals surface area contributed by atoms with Crippen molar-refractivity contribution in [2.45, 2.75) is 13.3 Å². The van der Waals surface area contributed by atoms with Gasteiger partial charge >= 0.3 is 0 Å². The number of rotatable bonds is 4. The molecule has 1 fully saturated rings. The van der Waals surface area contributed by atoms with Crippen molar-refractivity contribution in [3.63, 3.8) is 0 Å². The van der Waals surface area contributed by atoms with Gasteiger partial charge in [-0.3, -0.25) is 9.59 Å². The van der Waals surface area contributed by atoms with Gasteiger partial charge in [-0.2, -0.15) is 5.10 Å². The van der Waals surface area contributed by atoms with Crippen LogP contribution in [-0.4, -0.2) is 28.1 Å². The number of nitrogens with one attached hydrogen (secondary N) is 2. The van der Waals surface area contributed by atoms with Crippen LogP contribution in [-0.2, 0) is 9.59 Å². The highest BCUT2D eigenvalue weighted by Crippen LogP contribution is 2.30. The number of carbonyl (C=O) groups is 2. The largest absolute Gasteiger partial charge is 0.355 e. The van der Waals surface area contributed by atoms with Crippen LogP contribution in [0, 0.1) is 12.8 Å². The van der Waals surface area contributed by atoms with Crippen LogP contribution in [0.3, 0.4) is 0 Å². The van der Waals surface area contributed by atoms with Crippen LogP contribution < -0.4 is 10.6 Å². The molecule has 136 valence electrons. The monoisotopic (exact) mass is 360 g/mol. The van der Waals surface area contributed by atoms with Gasteiger partial charge in [0.05, 0.1) is 17.8 Å². The molecule has 2 N–H and O–H groups in total. The normalized spacial score (nSPS) is 16.2. The summed E-state index contributed by atoms with van der Waals surface area (Å²) >= 11 is 0. The van der Waals surface area contributed by atoms with Gasteiger partial charge in [-0.1, -0.05) is 48.0 Å². The summed E-state index contributed by atoms with van der Waals surface area (Å²) < 4.78 is 1.73. The number of amides is 2. The fraction of sp³-hybridized carbons (Fsp3) is 0.190. The van der Waals surface area contributed by atoms with E-state index in [4.69, 9.17) is 0 Å². The first-order valence-electron chi connectivity index (χ1n) is 8.90. The van der Waals surface area contributed by atoms with E-state index in [1.54, 1.807) is 10.9 Å². The topological polar surface area (TPSA) is 76.0 Å². The average Bonchev–Trinajstić information content (AvgIpc) is 3.30. The third kappa shape index (κ3) is 3.46. The molecular formula is C21H20N4O2. The molecule has 1 unspecified atom stereocenters. The summed E-state index contributed by atoms with van der Waals surface area (Å²) in [6, 6.07) is 17.7. The van der Waals surface area contributed by atoms with E-state index in [0.29, 0.717) is 12.4 Å². The Morgan fingerprint density at radius 2 is 1.89 bits per heavy atom. The molecule has 0 bridgehead atoms. The quantitative estimate of drug-likeness (QED) is 0.751. The lowest BCUT2D eigenvalue weighted by molar-refractivity contribution is -0.123. The van der Waals surface area contributed by atoms with Crippen LogP contribution in [0.2, 0.25) is 0 Å². The van der Waals surface area contributed by atoms with Crippen molar-refractivity contribution < 1.29 is 9.59 Å². The van der Waals surface area contributed by atoms with Crippen LogP contribution in [0.4, 0.5) is 5.82 Å². The van der Waals surface area contributed by atoms with Gasteiger partial charge in [-0.15, -0.1) is 0 Å². The molecule has 6 heteroatoms. The Kier molecular flexibility index (Phi) is 4.46. The van der Waals surface area contributed by atoms with E-state index in [1.165, 1.54) is 0 Å². The molecular weight excluding hydrogens is 340 g/mol. The molecule has 0 aliphatic carbocycles. The van der Waals surface area contributed by atoms with Crippen LogP contribution in [0.1, 0.15) is 12.0 Å². The zero-order chi connectivity index (χ0) is 18.8. The second kappa shape index (κ2) is 7.07. The van der Waals surface area contributed by atoms with Gasteiger partial charge < -0.3 is 10.6 Å². The maximum atomic E-state index is 12.7. The van der Waals surface area contributed by atoms with Crippen LogP contribution in [0.15, 0.2) is 60.8 Å². The van der Waals surface area contributed by atoms with Crippen molar-refractivity contribution in [3.05, 3.63) is 66.4 Å². The summed E-state index contributed by atoms with van der Waals surface area (Å²) in [5.74, 6) is -0.0400.